The lowest BCUT2D eigenvalue weighted by Crippen LogP contribution is -2.29. The predicted molar refractivity (Wildman–Crippen MR) is 63.0 cm³/mol. The van der Waals surface area contributed by atoms with Gasteiger partial charge in [-0.25, -0.2) is 15.0 Å². The molecule has 2 aromatic rings. The second kappa shape index (κ2) is 4.44. The van der Waals surface area contributed by atoms with E-state index in [4.69, 9.17) is 5.73 Å². The van der Waals surface area contributed by atoms with Crippen molar-refractivity contribution in [3.8, 4) is 0 Å². The molecule has 0 aromatic carbocycles. The van der Waals surface area contributed by atoms with Gasteiger partial charge < -0.3 is 16.0 Å². The quantitative estimate of drug-likeness (QED) is 0.707. The van der Waals surface area contributed by atoms with Gasteiger partial charge in [0.1, 0.15) is 11.8 Å². The Labute approximate surface area is 93.7 Å². The van der Waals surface area contributed by atoms with E-state index in [1.807, 2.05) is 0 Å². The molecule has 2 aromatic heterocycles. The smallest absolute Gasteiger partial charge is 0.182 e. The van der Waals surface area contributed by atoms with Crippen LogP contribution in [0, 0.1) is 5.92 Å². The molecule has 0 radical (unpaired) electrons. The minimum absolute atomic E-state index is 0.256. The van der Waals surface area contributed by atoms with E-state index < -0.39 is 0 Å². The van der Waals surface area contributed by atoms with Crippen molar-refractivity contribution in [3.63, 3.8) is 0 Å². The van der Waals surface area contributed by atoms with Crippen LogP contribution < -0.4 is 11.1 Å². The van der Waals surface area contributed by atoms with Crippen LogP contribution >= 0.6 is 0 Å². The number of H-pyrrole nitrogens is 1. The van der Waals surface area contributed by atoms with Crippen molar-refractivity contribution in [3.05, 3.63) is 12.7 Å². The monoisotopic (exact) mass is 220 g/mol. The molecule has 2 rings (SSSR count). The third kappa shape index (κ3) is 1.96. The molecular weight excluding hydrogens is 204 g/mol. The van der Waals surface area contributed by atoms with E-state index in [2.05, 4.69) is 39.1 Å². The highest BCUT2D eigenvalue weighted by Crippen LogP contribution is 2.17. The zero-order valence-electron chi connectivity index (χ0n) is 9.44. The number of anilines is 1. The van der Waals surface area contributed by atoms with Crippen molar-refractivity contribution in [2.24, 2.45) is 11.7 Å². The molecule has 2 atom stereocenters. The van der Waals surface area contributed by atoms with Crippen LogP contribution in [0.25, 0.3) is 11.2 Å². The fourth-order valence-corrected chi connectivity index (χ4v) is 1.44. The molecule has 2 unspecified atom stereocenters. The summed E-state index contributed by atoms with van der Waals surface area (Å²) >= 11 is 0. The molecule has 0 amide bonds. The second-order valence-corrected chi connectivity index (χ2v) is 3.97. The van der Waals surface area contributed by atoms with Crippen molar-refractivity contribution >= 4 is 17.0 Å². The number of nitrogens with one attached hydrogen (secondary N) is 2. The molecule has 0 aliphatic carbocycles. The number of aromatic nitrogens is 4. The van der Waals surface area contributed by atoms with E-state index in [0.717, 1.165) is 11.3 Å². The van der Waals surface area contributed by atoms with Gasteiger partial charge in [-0.3, -0.25) is 0 Å². The molecule has 0 saturated heterocycles. The second-order valence-electron chi connectivity index (χ2n) is 3.97. The van der Waals surface area contributed by atoms with Gasteiger partial charge in [-0.05, 0) is 19.4 Å². The fourth-order valence-electron chi connectivity index (χ4n) is 1.44. The van der Waals surface area contributed by atoms with Crippen LogP contribution in [0.2, 0.25) is 0 Å². The van der Waals surface area contributed by atoms with Gasteiger partial charge in [0.15, 0.2) is 11.5 Å². The van der Waals surface area contributed by atoms with Gasteiger partial charge in [-0.2, -0.15) is 0 Å². The number of nitrogens with zero attached hydrogens (tertiary/aromatic N) is 3. The lowest BCUT2D eigenvalue weighted by atomic mass is 10.0. The Morgan fingerprint density at radius 2 is 2.19 bits per heavy atom. The number of hydrogen-bond acceptors (Lipinski definition) is 5. The van der Waals surface area contributed by atoms with Crippen molar-refractivity contribution in [1.29, 1.82) is 0 Å². The number of nitrogens with two attached hydrogens (primary N) is 1. The lowest BCUT2D eigenvalue weighted by molar-refractivity contribution is 0.520. The van der Waals surface area contributed by atoms with Crippen LogP contribution in [0.15, 0.2) is 12.7 Å². The summed E-state index contributed by atoms with van der Waals surface area (Å²) in [7, 11) is 0. The average Bonchev–Trinajstić information content (AvgIpc) is 2.77. The van der Waals surface area contributed by atoms with Crippen molar-refractivity contribution in [1.82, 2.24) is 19.9 Å². The Kier molecular flexibility index (Phi) is 3.00. The molecule has 0 spiro atoms. The molecule has 0 saturated carbocycles. The first-order chi connectivity index (χ1) is 7.72. The summed E-state index contributed by atoms with van der Waals surface area (Å²) in [6, 6.07) is 0.256. The Morgan fingerprint density at radius 1 is 1.38 bits per heavy atom. The van der Waals surface area contributed by atoms with E-state index in [-0.39, 0.29) is 6.04 Å². The zero-order valence-corrected chi connectivity index (χ0v) is 9.44. The lowest BCUT2D eigenvalue weighted by Gasteiger charge is -2.20. The van der Waals surface area contributed by atoms with E-state index in [0.29, 0.717) is 18.1 Å². The van der Waals surface area contributed by atoms with Gasteiger partial charge in [0, 0.05) is 6.04 Å². The summed E-state index contributed by atoms with van der Waals surface area (Å²) < 4.78 is 0. The van der Waals surface area contributed by atoms with Crippen LogP contribution in [-0.2, 0) is 0 Å². The van der Waals surface area contributed by atoms with Crippen molar-refractivity contribution < 1.29 is 0 Å². The van der Waals surface area contributed by atoms with E-state index >= 15 is 0 Å². The molecule has 0 aliphatic heterocycles. The summed E-state index contributed by atoms with van der Waals surface area (Å²) in [5, 5.41) is 3.32. The molecule has 0 fully saturated rings. The Hall–Kier alpha value is -1.69. The standard InChI is InChI=1S/C10H16N6/c1-6(3-11)7(2)16-10-8-9(13-4-12-8)14-5-15-10/h4-7H,3,11H2,1-2H3,(H2,12,13,14,15,16). The SMILES string of the molecule is CC(CN)C(C)Nc1ncnc2nc[nH]c12. The summed E-state index contributed by atoms with van der Waals surface area (Å²) in [4.78, 5) is 15.4. The molecule has 6 heteroatoms. The molecule has 4 N–H and O–H groups in total. The normalized spacial score (nSPS) is 14.9. The minimum Gasteiger partial charge on any atom is -0.365 e. The molecular formula is C10H16N6. The summed E-state index contributed by atoms with van der Waals surface area (Å²) in [6.07, 6.45) is 3.12. The van der Waals surface area contributed by atoms with Gasteiger partial charge in [-0.15, -0.1) is 0 Å². The fraction of sp³-hybridized carbons (Fsp3) is 0.500. The van der Waals surface area contributed by atoms with Gasteiger partial charge in [0.2, 0.25) is 0 Å². The molecule has 0 bridgehead atoms. The number of rotatable bonds is 4. The topological polar surface area (TPSA) is 92.5 Å². The summed E-state index contributed by atoms with van der Waals surface area (Å²) in [5.74, 6) is 1.16. The average molecular weight is 220 g/mol. The maximum absolute atomic E-state index is 5.63. The van der Waals surface area contributed by atoms with Crippen LogP contribution in [0.3, 0.4) is 0 Å². The number of imidazole rings is 1. The highest BCUT2D eigenvalue weighted by molar-refractivity contribution is 5.81. The third-order valence-electron chi connectivity index (χ3n) is 2.81. The van der Waals surface area contributed by atoms with Crippen LogP contribution in [0.1, 0.15) is 13.8 Å². The number of hydrogen-bond donors (Lipinski definition) is 3. The third-order valence-corrected chi connectivity index (χ3v) is 2.81. The summed E-state index contributed by atoms with van der Waals surface area (Å²) in [6.45, 7) is 4.83. The zero-order chi connectivity index (χ0) is 11.5. The first-order valence-corrected chi connectivity index (χ1v) is 5.33. The molecule has 6 nitrogen and oxygen atoms in total. The Balaban J connectivity index is 2.23. The van der Waals surface area contributed by atoms with Crippen LogP contribution in [-0.4, -0.2) is 32.5 Å². The van der Waals surface area contributed by atoms with Gasteiger partial charge in [-0.1, -0.05) is 6.92 Å². The van der Waals surface area contributed by atoms with Crippen molar-refractivity contribution in [2.45, 2.75) is 19.9 Å². The Morgan fingerprint density at radius 3 is 2.94 bits per heavy atom. The number of aromatic amines is 1. The minimum atomic E-state index is 0.256. The van der Waals surface area contributed by atoms with Crippen LogP contribution in [0.4, 0.5) is 5.82 Å². The van der Waals surface area contributed by atoms with Gasteiger partial charge in [0.05, 0.1) is 6.33 Å². The molecule has 2 heterocycles. The summed E-state index contributed by atoms with van der Waals surface area (Å²) in [5.41, 5.74) is 7.13. The predicted octanol–water partition coefficient (Wildman–Crippen LogP) is 0.748. The maximum atomic E-state index is 5.63. The molecule has 16 heavy (non-hydrogen) atoms. The van der Waals surface area contributed by atoms with E-state index in [1.165, 1.54) is 6.33 Å². The highest BCUT2D eigenvalue weighted by Gasteiger charge is 2.13. The van der Waals surface area contributed by atoms with Crippen molar-refractivity contribution in [2.75, 3.05) is 11.9 Å². The van der Waals surface area contributed by atoms with Crippen LogP contribution in [0.5, 0.6) is 0 Å². The first-order valence-electron chi connectivity index (χ1n) is 5.33. The molecule has 86 valence electrons. The highest BCUT2D eigenvalue weighted by atomic mass is 15.1. The van der Waals surface area contributed by atoms with Gasteiger partial charge in [0.25, 0.3) is 0 Å². The largest absolute Gasteiger partial charge is 0.365 e. The van der Waals surface area contributed by atoms with Gasteiger partial charge >= 0.3 is 0 Å². The number of fused-ring (bicyclic) bond motifs is 1. The first kappa shape index (κ1) is 10.8. The van der Waals surface area contributed by atoms with E-state index in [9.17, 15) is 0 Å². The molecule has 0 aliphatic rings. The Bertz CT molecular complexity index is 465. The maximum Gasteiger partial charge on any atom is 0.182 e. The van der Waals surface area contributed by atoms with E-state index in [1.54, 1.807) is 6.33 Å².